The van der Waals surface area contributed by atoms with Gasteiger partial charge in [-0.25, -0.2) is 4.79 Å². The van der Waals surface area contributed by atoms with Crippen molar-refractivity contribution >= 4 is 11.9 Å². The number of esters is 1. The van der Waals surface area contributed by atoms with Gasteiger partial charge in [0.15, 0.2) is 6.61 Å². The third-order valence-electron chi connectivity index (χ3n) is 3.22. The van der Waals surface area contributed by atoms with Crippen LogP contribution in [0.1, 0.15) is 27.4 Å². The normalized spacial score (nSPS) is 10.2. The predicted molar refractivity (Wildman–Crippen MR) is 83.3 cm³/mol. The van der Waals surface area contributed by atoms with Crippen LogP contribution < -0.4 is 10.1 Å². The van der Waals surface area contributed by atoms with E-state index >= 15 is 0 Å². The van der Waals surface area contributed by atoms with E-state index in [0.29, 0.717) is 22.8 Å². The van der Waals surface area contributed by atoms with E-state index in [-0.39, 0.29) is 19.1 Å². The molecule has 1 aromatic carbocycles. The zero-order chi connectivity index (χ0) is 16.8. The van der Waals surface area contributed by atoms with Gasteiger partial charge in [-0.3, -0.25) is 4.79 Å². The van der Waals surface area contributed by atoms with Crippen LogP contribution in [0.15, 0.2) is 34.7 Å². The number of hydrogen-bond acceptors (Lipinski definition) is 5. The van der Waals surface area contributed by atoms with Gasteiger partial charge in [0.25, 0.3) is 5.91 Å². The summed E-state index contributed by atoms with van der Waals surface area (Å²) in [5.74, 6) is 0.821. The van der Waals surface area contributed by atoms with E-state index in [1.54, 1.807) is 25.1 Å². The molecule has 0 unspecified atom stereocenters. The van der Waals surface area contributed by atoms with Gasteiger partial charge >= 0.3 is 5.97 Å². The van der Waals surface area contributed by atoms with Crippen molar-refractivity contribution in [3.05, 3.63) is 53.0 Å². The summed E-state index contributed by atoms with van der Waals surface area (Å²) in [6, 6.07) is 8.99. The minimum Gasteiger partial charge on any atom is -0.484 e. The summed E-state index contributed by atoms with van der Waals surface area (Å²) in [5.41, 5.74) is 1.48. The second kappa shape index (κ2) is 7.49. The third-order valence-corrected chi connectivity index (χ3v) is 3.22. The molecule has 0 fully saturated rings. The van der Waals surface area contributed by atoms with Gasteiger partial charge in [0.2, 0.25) is 0 Å². The molecule has 6 heteroatoms. The van der Waals surface area contributed by atoms with Crippen LogP contribution in [0.5, 0.6) is 5.75 Å². The second-order valence-electron chi connectivity index (χ2n) is 5.05. The van der Waals surface area contributed by atoms with E-state index in [1.165, 1.54) is 7.11 Å². The van der Waals surface area contributed by atoms with Gasteiger partial charge in [-0.2, -0.15) is 0 Å². The Morgan fingerprint density at radius 1 is 1.17 bits per heavy atom. The number of hydrogen-bond donors (Lipinski definition) is 1. The Balaban J connectivity index is 1.82. The standard InChI is InChI=1S/C17H19NO5/c1-11-4-6-13(7-5-11)22-10-16(19)18-9-14-8-15(12(2)23-14)17(20)21-3/h4-8H,9-10H2,1-3H3,(H,18,19). The first-order valence-corrected chi connectivity index (χ1v) is 7.13. The van der Waals surface area contributed by atoms with Crippen molar-refractivity contribution in [1.29, 1.82) is 0 Å². The molecule has 0 saturated carbocycles. The molecule has 0 aliphatic carbocycles. The number of nitrogens with one attached hydrogen (secondary N) is 1. The fraction of sp³-hybridized carbons (Fsp3) is 0.294. The highest BCUT2D eigenvalue weighted by atomic mass is 16.5. The van der Waals surface area contributed by atoms with E-state index in [1.807, 2.05) is 19.1 Å². The summed E-state index contributed by atoms with van der Waals surface area (Å²) in [5, 5.41) is 2.67. The van der Waals surface area contributed by atoms with Crippen LogP contribution in [-0.4, -0.2) is 25.6 Å². The zero-order valence-electron chi connectivity index (χ0n) is 13.3. The number of amides is 1. The van der Waals surface area contributed by atoms with Crippen molar-refractivity contribution in [2.75, 3.05) is 13.7 Å². The fourth-order valence-electron chi connectivity index (χ4n) is 1.96. The number of benzene rings is 1. The summed E-state index contributed by atoms with van der Waals surface area (Å²) < 4.78 is 15.4. The Bertz CT molecular complexity index is 688. The molecular weight excluding hydrogens is 298 g/mol. The number of ether oxygens (including phenoxy) is 2. The smallest absolute Gasteiger partial charge is 0.341 e. The first kappa shape index (κ1) is 16.6. The lowest BCUT2D eigenvalue weighted by molar-refractivity contribution is -0.123. The monoisotopic (exact) mass is 317 g/mol. The average molecular weight is 317 g/mol. The zero-order valence-corrected chi connectivity index (χ0v) is 13.3. The maximum absolute atomic E-state index is 11.8. The van der Waals surface area contributed by atoms with Crippen LogP contribution in [0.4, 0.5) is 0 Å². The van der Waals surface area contributed by atoms with E-state index < -0.39 is 5.97 Å². The summed E-state index contributed by atoms with van der Waals surface area (Å²) in [4.78, 5) is 23.2. The number of carbonyl (C=O) groups excluding carboxylic acids is 2. The van der Waals surface area contributed by atoms with Crippen LogP contribution in [0.3, 0.4) is 0 Å². The highest BCUT2D eigenvalue weighted by molar-refractivity contribution is 5.90. The van der Waals surface area contributed by atoms with Crippen LogP contribution >= 0.6 is 0 Å². The SMILES string of the molecule is COC(=O)c1cc(CNC(=O)COc2ccc(C)cc2)oc1C. The van der Waals surface area contributed by atoms with Crippen molar-refractivity contribution in [3.8, 4) is 5.75 Å². The molecule has 1 aromatic heterocycles. The minimum absolute atomic E-state index is 0.0907. The molecular formula is C17H19NO5. The highest BCUT2D eigenvalue weighted by Crippen LogP contribution is 2.15. The van der Waals surface area contributed by atoms with Gasteiger partial charge in [-0.15, -0.1) is 0 Å². The van der Waals surface area contributed by atoms with E-state index in [9.17, 15) is 9.59 Å². The Morgan fingerprint density at radius 3 is 2.52 bits per heavy atom. The molecule has 1 N–H and O–H groups in total. The van der Waals surface area contributed by atoms with Crippen LogP contribution in [0, 0.1) is 13.8 Å². The molecule has 0 spiro atoms. The van der Waals surface area contributed by atoms with Crippen molar-refractivity contribution in [3.63, 3.8) is 0 Å². The van der Waals surface area contributed by atoms with Gasteiger partial charge in [0.05, 0.1) is 13.7 Å². The molecule has 122 valence electrons. The lowest BCUT2D eigenvalue weighted by atomic mass is 10.2. The quantitative estimate of drug-likeness (QED) is 0.828. The number of aryl methyl sites for hydroxylation is 2. The largest absolute Gasteiger partial charge is 0.484 e. The molecule has 1 amide bonds. The Kier molecular flexibility index (Phi) is 5.41. The van der Waals surface area contributed by atoms with E-state index in [2.05, 4.69) is 10.1 Å². The summed E-state index contributed by atoms with van der Waals surface area (Å²) in [6.45, 7) is 3.73. The molecule has 0 bridgehead atoms. The molecule has 0 radical (unpaired) electrons. The molecule has 1 heterocycles. The number of methoxy groups -OCH3 is 1. The van der Waals surface area contributed by atoms with Crippen molar-refractivity contribution < 1.29 is 23.5 Å². The van der Waals surface area contributed by atoms with Crippen molar-refractivity contribution in [2.24, 2.45) is 0 Å². The number of rotatable bonds is 6. The summed E-state index contributed by atoms with van der Waals surface area (Å²) >= 11 is 0. The first-order chi connectivity index (χ1) is 11.0. The van der Waals surface area contributed by atoms with Crippen LogP contribution in [-0.2, 0) is 16.1 Å². The molecule has 0 aliphatic heterocycles. The lowest BCUT2D eigenvalue weighted by Crippen LogP contribution is -2.28. The summed E-state index contributed by atoms with van der Waals surface area (Å²) in [6.07, 6.45) is 0. The summed E-state index contributed by atoms with van der Waals surface area (Å²) in [7, 11) is 1.30. The second-order valence-corrected chi connectivity index (χ2v) is 5.05. The molecule has 6 nitrogen and oxygen atoms in total. The van der Waals surface area contributed by atoms with Crippen LogP contribution in [0.25, 0.3) is 0 Å². The molecule has 0 saturated heterocycles. The lowest BCUT2D eigenvalue weighted by Gasteiger charge is -2.06. The van der Waals surface area contributed by atoms with Crippen molar-refractivity contribution in [1.82, 2.24) is 5.32 Å². The molecule has 0 atom stereocenters. The third kappa shape index (κ3) is 4.60. The van der Waals surface area contributed by atoms with Crippen LogP contribution in [0.2, 0.25) is 0 Å². The molecule has 0 aliphatic rings. The Hall–Kier alpha value is -2.76. The van der Waals surface area contributed by atoms with E-state index in [0.717, 1.165) is 5.56 Å². The number of furan rings is 1. The maximum atomic E-state index is 11.8. The fourth-order valence-corrected chi connectivity index (χ4v) is 1.96. The first-order valence-electron chi connectivity index (χ1n) is 7.13. The molecule has 2 aromatic rings. The van der Waals surface area contributed by atoms with E-state index in [4.69, 9.17) is 9.15 Å². The van der Waals surface area contributed by atoms with Gasteiger partial charge in [0.1, 0.15) is 22.8 Å². The number of carbonyl (C=O) groups is 2. The molecule has 23 heavy (non-hydrogen) atoms. The average Bonchev–Trinajstić information content (AvgIpc) is 2.92. The van der Waals surface area contributed by atoms with Gasteiger partial charge in [0, 0.05) is 0 Å². The Morgan fingerprint density at radius 2 is 1.87 bits per heavy atom. The minimum atomic E-state index is -0.466. The highest BCUT2D eigenvalue weighted by Gasteiger charge is 2.15. The van der Waals surface area contributed by atoms with Crippen molar-refractivity contribution in [2.45, 2.75) is 20.4 Å². The van der Waals surface area contributed by atoms with Gasteiger partial charge in [-0.1, -0.05) is 17.7 Å². The Labute approximate surface area is 134 Å². The molecule has 2 rings (SSSR count). The van der Waals surface area contributed by atoms with Gasteiger partial charge in [-0.05, 0) is 32.0 Å². The predicted octanol–water partition coefficient (Wildman–Crippen LogP) is 2.38. The van der Waals surface area contributed by atoms with Gasteiger partial charge < -0.3 is 19.2 Å². The topological polar surface area (TPSA) is 77.8 Å². The maximum Gasteiger partial charge on any atom is 0.341 e.